The number of hydrogen-bond donors (Lipinski definition) is 0. The van der Waals surface area contributed by atoms with E-state index in [1.54, 1.807) is 0 Å². The lowest BCUT2D eigenvalue weighted by Crippen LogP contribution is -2.60. The molecule has 0 spiro atoms. The Bertz CT molecular complexity index is 586. The predicted molar refractivity (Wildman–Crippen MR) is 77.6 cm³/mol. The highest BCUT2D eigenvalue weighted by atomic mass is 16.5. The maximum Gasteiger partial charge on any atom is 0.311 e. The van der Waals surface area contributed by atoms with Crippen LogP contribution in [0.15, 0.2) is 30.3 Å². The van der Waals surface area contributed by atoms with Crippen LogP contribution in [0.2, 0.25) is 0 Å². The Kier molecular flexibility index (Phi) is 2.60. The Morgan fingerprint density at radius 2 is 1.71 bits per heavy atom. The molecule has 1 aromatic carbocycles. The van der Waals surface area contributed by atoms with Crippen LogP contribution in [0.5, 0.6) is 0 Å². The van der Waals surface area contributed by atoms with Crippen LogP contribution >= 0.6 is 0 Å². The molecular formula is C18H20O3. The summed E-state index contributed by atoms with van der Waals surface area (Å²) in [4.78, 5) is 24.9. The summed E-state index contributed by atoms with van der Waals surface area (Å²) in [6.07, 6.45) is 4.06. The first-order chi connectivity index (χ1) is 10.1. The number of carbonyl (C=O) groups is 2. The standard InChI is InChI=1S/C18H20O3/c1-21-16(20)18-9-12-7-17(11-18,8-13(10-18)15(12)19)14-5-3-2-4-6-14/h2-6,12-13H,7-11H2,1H3. The van der Waals surface area contributed by atoms with Gasteiger partial charge in [-0.3, -0.25) is 9.59 Å². The van der Waals surface area contributed by atoms with Crippen molar-refractivity contribution in [3.63, 3.8) is 0 Å². The lowest BCUT2D eigenvalue weighted by molar-refractivity contribution is -0.174. The monoisotopic (exact) mass is 284 g/mol. The Morgan fingerprint density at radius 3 is 2.29 bits per heavy atom. The van der Waals surface area contributed by atoms with Crippen molar-refractivity contribution in [2.75, 3.05) is 7.11 Å². The van der Waals surface area contributed by atoms with E-state index in [1.807, 2.05) is 6.07 Å². The molecule has 2 unspecified atom stereocenters. The molecule has 3 nitrogen and oxygen atoms in total. The van der Waals surface area contributed by atoms with E-state index in [2.05, 4.69) is 24.3 Å². The van der Waals surface area contributed by atoms with Gasteiger partial charge in [-0.15, -0.1) is 0 Å². The van der Waals surface area contributed by atoms with Crippen molar-refractivity contribution < 1.29 is 14.3 Å². The Labute approximate surface area is 124 Å². The van der Waals surface area contributed by atoms with Crippen LogP contribution in [0.1, 0.15) is 37.7 Å². The van der Waals surface area contributed by atoms with E-state index >= 15 is 0 Å². The molecule has 4 fully saturated rings. The van der Waals surface area contributed by atoms with Crippen LogP contribution in [0.25, 0.3) is 0 Å². The number of rotatable bonds is 2. The average Bonchev–Trinajstić information content (AvgIpc) is 2.51. The molecule has 4 aliphatic rings. The fraction of sp³-hybridized carbons (Fsp3) is 0.556. The zero-order valence-electron chi connectivity index (χ0n) is 12.3. The molecular weight excluding hydrogens is 264 g/mol. The third-order valence-electron chi connectivity index (χ3n) is 6.03. The summed E-state index contributed by atoms with van der Waals surface area (Å²) in [6, 6.07) is 10.4. The molecule has 4 saturated carbocycles. The van der Waals surface area contributed by atoms with Crippen LogP contribution < -0.4 is 0 Å². The van der Waals surface area contributed by atoms with Crippen LogP contribution in [0.3, 0.4) is 0 Å². The quantitative estimate of drug-likeness (QED) is 0.784. The van der Waals surface area contributed by atoms with E-state index in [-0.39, 0.29) is 23.2 Å². The molecule has 21 heavy (non-hydrogen) atoms. The van der Waals surface area contributed by atoms with Gasteiger partial charge in [-0.25, -0.2) is 0 Å². The minimum atomic E-state index is -0.426. The Balaban J connectivity index is 1.81. The van der Waals surface area contributed by atoms with E-state index in [9.17, 15) is 9.59 Å². The number of esters is 1. The van der Waals surface area contributed by atoms with Crippen molar-refractivity contribution in [1.82, 2.24) is 0 Å². The Hall–Kier alpha value is -1.64. The molecule has 0 aromatic heterocycles. The molecule has 0 aliphatic heterocycles. The first-order valence-electron chi connectivity index (χ1n) is 7.76. The van der Waals surface area contributed by atoms with Gasteiger partial charge in [-0.1, -0.05) is 30.3 Å². The number of ether oxygens (including phenoxy) is 1. The molecule has 0 radical (unpaired) electrons. The summed E-state index contributed by atoms with van der Waals surface area (Å²) in [5.41, 5.74) is 0.861. The first kappa shape index (κ1) is 13.1. The predicted octanol–water partition coefficient (Wildman–Crippen LogP) is 2.88. The molecule has 2 atom stereocenters. The molecule has 4 bridgehead atoms. The van der Waals surface area contributed by atoms with E-state index < -0.39 is 5.41 Å². The van der Waals surface area contributed by atoms with Crippen LogP contribution in [-0.2, 0) is 19.7 Å². The first-order valence-corrected chi connectivity index (χ1v) is 7.76. The second-order valence-electron chi connectivity index (χ2n) is 7.21. The average molecular weight is 284 g/mol. The van der Waals surface area contributed by atoms with E-state index in [0.717, 1.165) is 19.3 Å². The van der Waals surface area contributed by atoms with Crippen LogP contribution in [-0.4, -0.2) is 18.9 Å². The van der Waals surface area contributed by atoms with Gasteiger partial charge in [-0.05, 0) is 43.1 Å². The highest BCUT2D eigenvalue weighted by Gasteiger charge is 2.64. The molecule has 0 heterocycles. The molecule has 0 saturated heterocycles. The summed E-state index contributed by atoms with van der Waals surface area (Å²) < 4.78 is 5.10. The number of carbonyl (C=O) groups excluding carboxylic acids is 2. The third-order valence-corrected chi connectivity index (χ3v) is 6.03. The van der Waals surface area contributed by atoms with Crippen molar-refractivity contribution >= 4 is 11.8 Å². The second kappa shape index (κ2) is 4.19. The van der Waals surface area contributed by atoms with Crippen LogP contribution in [0.4, 0.5) is 0 Å². The number of Topliss-reactive ketones (excluding diaryl/α,β-unsaturated/α-hetero) is 1. The largest absolute Gasteiger partial charge is 0.469 e. The highest BCUT2D eigenvalue weighted by molar-refractivity contribution is 5.90. The molecule has 1 aromatic rings. The summed E-state index contributed by atoms with van der Waals surface area (Å²) in [6.45, 7) is 0. The fourth-order valence-corrected chi connectivity index (χ4v) is 5.45. The van der Waals surface area contributed by atoms with Gasteiger partial charge in [0.15, 0.2) is 0 Å². The van der Waals surface area contributed by atoms with Gasteiger partial charge in [0.25, 0.3) is 0 Å². The van der Waals surface area contributed by atoms with Crippen LogP contribution in [0, 0.1) is 17.3 Å². The summed E-state index contributed by atoms with van der Waals surface area (Å²) in [5, 5.41) is 0. The lowest BCUT2D eigenvalue weighted by Gasteiger charge is -2.60. The molecule has 4 aliphatic carbocycles. The van der Waals surface area contributed by atoms with Gasteiger partial charge in [0.2, 0.25) is 0 Å². The van der Waals surface area contributed by atoms with E-state index in [1.165, 1.54) is 12.7 Å². The van der Waals surface area contributed by atoms with Gasteiger partial charge in [-0.2, -0.15) is 0 Å². The molecule has 3 heteroatoms. The summed E-state index contributed by atoms with van der Waals surface area (Å²) in [7, 11) is 1.47. The minimum absolute atomic E-state index is 0.00477. The summed E-state index contributed by atoms with van der Waals surface area (Å²) in [5.74, 6) is 0.376. The van der Waals surface area contributed by atoms with Crippen molar-refractivity contribution in [1.29, 1.82) is 0 Å². The van der Waals surface area contributed by atoms with E-state index in [0.29, 0.717) is 18.6 Å². The Morgan fingerprint density at radius 1 is 1.10 bits per heavy atom. The highest BCUT2D eigenvalue weighted by Crippen LogP contribution is 2.64. The number of hydrogen-bond acceptors (Lipinski definition) is 3. The lowest BCUT2D eigenvalue weighted by atomic mass is 9.42. The molecule has 0 amide bonds. The van der Waals surface area contributed by atoms with Crippen molar-refractivity contribution in [3.05, 3.63) is 35.9 Å². The maximum absolute atomic E-state index is 12.4. The van der Waals surface area contributed by atoms with Gasteiger partial charge in [0, 0.05) is 11.8 Å². The summed E-state index contributed by atoms with van der Waals surface area (Å²) >= 11 is 0. The minimum Gasteiger partial charge on any atom is -0.469 e. The number of methoxy groups -OCH3 is 1. The van der Waals surface area contributed by atoms with Gasteiger partial charge < -0.3 is 4.74 Å². The number of ketones is 1. The van der Waals surface area contributed by atoms with Gasteiger partial charge in [0.05, 0.1) is 12.5 Å². The van der Waals surface area contributed by atoms with Crippen molar-refractivity contribution in [3.8, 4) is 0 Å². The fourth-order valence-electron chi connectivity index (χ4n) is 5.45. The van der Waals surface area contributed by atoms with Crippen molar-refractivity contribution in [2.45, 2.75) is 37.5 Å². The molecule has 5 rings (SSSR count). The maximum atomic E-state index is 12.4. The van der Waals surface area contributed by atoms with Gasteiger partial charge in [0.1, 0.15) is 5.78 Å². The molecule has 110 valence electrons. The topological polar surface area (TPSA) is 43.4 Å². The SMILES string of the molecule is COC(=O)C12CC3CC(c4ccccc4)(CC(C1)C3=O)C2. The molecule has 0 N–H and O–H groups in total. The third kappa shape index (κ3) is 1.66. The smallest absolute Gasteiger partial charge is 0.311 e. The zero-order chi connectivity index (χ0) is 14.7. The second-order valence-corrected chi connectivity index (χ2v) is 7.21. The van der Waals surface area contributed by atoms with E-state index in [4.69, 9.17) is 4.74 Å². The van der Waals surface area contributed by atoms with Crippen molar-refractivity contribution in [2.24, 2.45) is 17.3 Å². The zero-order valence-corrected chi connectivity index (χ0v) is 12.3. The van der Waals surface area contributed by atoms with Gasteiger partial charge >= 0.3 is 5.97 Å². The normalized spacial score (nSPS) is 40.3. The number of benzene rings is 1.